The van der Waals surface area contributed by atoms with Crippen LogP contribution in [0.4, 0.5) is 0 Å². The Labute approximate surface area is 87.3 Å². The van der Waals surface area contributed by atoms with Crippen LogP contribution in [0.3, 0.4) is 0 Å². The summed E-state index contributed by atoms with van der Waals surface area (Å²) in [6, 6.07) is 7.78. The van der Waals surface area contributed by atoms with Gasteiger partial charge in [0, 0.05) is 10.8 Å². The van der Waals surface area contributed by atoms with Gasteiger partial charge in [-0.05, 0) is 24.1 Å². The Balaban J connectivity index is 2.75. The third-order valence-corrected chi connectivity index (χ3v) is 2.49. The van der Waals surface area contributed by atoms with Crippen LogP contribution < -0.4 is 4.73 Å². The average Bonchev–Trinajstić information content (AvgIpc) is 2.16. The summed E-state index contributed by atoms with van der Waals surface area (Å²) in [5, 5.41) is 11.0. The second-order valence-corrected chi connectivity index (χ2v) is 3.69. The third kappa shape index (κ3) is 1.53. The molecular formula is C11H11ClNO+. The maximum absolute atomic E-state index is 9.55. The minimum Gasteiger partial charge on any atom is -0.284 e. The number of aryl methyl sites for hydroxylation is 1. The molecule has 0 aliphatic carbocycles. The van der Waals surface area contributed by atoms with E-state index in [-0.39, 0.29) is 0 Å². The van der Waals surface area contributed by atoms with Gasteiger partial charge in [0.2, 0.25) is 6.20 Å². The van der Waals surface area contributed by atoms with Crippen molar-refractivity contribution < 1.29 is 9.94 Å². The molecule has 0 spiro atoms. The largest absolute Gasteiger partial charge is 0.284 e. The van der Waals surface area contributed by atoms with Crippen molar-refractivity contribution in [1.29, 1.82) is 0 Å². The van der Waals surface area contributed by atoms with Gasteiger partial charge >= 0.3 is 0 Å². The molecule has 1 N–H and O–H groups in total. The van der Waals surface area contributed by atoms with E-state index >= 15 is 0 Å². The lowest BCUT2D eigenvalue weighted by Gasteiger charge is -1.98. The van der Waals surface area contributed by atoms with Crippen molar-refractivity contribution in [1.82, 2.24) is 0 Å². The smallest absolute Gasteiger partial charge is 0.264 e. The van der Waals surface area contributed by atoms with E-state index < -0.39 is 0 Å². The van der Waals surface area contributed by atoms with E-state index in [2.05, 4.69) is 6.92 Å². The van der Waals surface area contributed by atoms with E-state index in [1.54, 1.807) is 0 Å². The van der Waals surface area contributed by atoms with E-state index in [9.17, 15) is 5.21 Å². The van der Waals surface area contributed by atoms with Crippen molar-refractivity contribution in [2.24, 2.45) is 0 Å². The lowest BCUT2D eigenvalue weighted by Crippen LogP contribution is -2.30. The molecule has 0 atom stereocenters. The fourth-order valence-electron chi connectivity index (χ4n) is 1.52. The van der Waals surface area contributed by atoms with Crippen molar-refractivity contribution in [3.63, 3.8) is 0 Å². The predicted octanol–water partition coefficient (Wildman–Crippen LogP) is 2.58. The van der Waals surface area contributed by atoms with Crippen molar-refractivity contribution in [2.45, 2.75) is 13.3 Å². The molecule has 0 fully saturated rings. The maximum Gasteiger partial charge on any atom is 0.264 e. The number of fused-ring (bicyclic) bond motifs is 1. The van der Waals surface area contributed by atoms with E-state index in [1.807, 2.05) is 24.3 Å². The van der Waals surface area contributed by atoms with Gasteiger partial charge < -0.3 is 0 Å². The quantitative estimate of drug-likeness (QED) is 0.565. The Morgan fingerprint density at radius 3 is 2.86 bits per heavy atom. The Bertz CT molecular complexity index is 482. The summed E-state index contributed by atoms with van der Waals surface area (Å²) in [7, 11) is 0. The maximum atomic E-state index is 9.55. The summed E-state index contributed by atoms with van der Waals surface area (Å²) in [5.41, 5.74) is 2.01. The number of rotatable bonds is 1. The van der Waals surface area contributed by atoms with Crippen LogP contribution >= 0.6 is 11.6 Å². The zero-order chi connectivity index (χ0) is 10.1. The fraction of sp³-hybridized carbons (Fsp3) is 0.182. The monoisotopic (exact) mass is 208 g/mol. The molecule has 0 unspecified atom stereocenters. The number of hydrogen-bond donors (Lipinski definition) is 1. The molecule has 2 aromatic rings. The number of benzene rings is 1. The summed E-state index contributed by atoms with van der Waals surface area (Å²) < 4.78 is 1.05. The number of aromatic nitrogens is 1. The van der Waals surface area contributed by atoms with Crippen LogP contribution in [0.2, 0.25) is 5.02 Å². The molecule has 0 aliphatic rings. The highest BCUT2D eigenvalue weighted by atomic mass is 35.5. The molecule has 14 heavy (non-hydrogen) atoms. The summed E-state index contributed by atoms with van der Waals surface area (Å²) in [4.78, 5) is 0. The van der Waals surface area contributed by atoms with Gasteiger partial charge in [-0.15, -0.1) is 0 Å². The molecule has 1 aromatic carbocycles. The minimum absolute atomic E-state index is 0.535. The highest BCUT2D eigenvalue weighted by Gasteiger charge is 2.09. The number of nitrogens with zero attached hydrogens (tertiary/aromatic N) is 1. The summed E-state index contributed by atoms with van der Waals surface area (Å²) >= 11 is 5.84. The van der Waals surface area contributed by atoms with Crippen LogP contribution in [0, 0.1) is 0 Å². The van der Waals surface area contributed by atoms with Gasteiger partial charge in [0.25, 0.3) is 5.52 Å². The van der Waals surface area contributed by atoms with Gasteiger partial charge in [-0.25, -0.2) is 0 Å². The number of pyridine rings is 1. The van der Waals surface area contributed by atoms with Crippen molar-refractivity contribution in [2.75, 3.05) is 0 Å². The fourth-order valence-corrected chi connectivity index (χ4v) is 1.73. The second kappa shape index (κ2) is 3.46. The first-order valence-corrected chi connectivity index (χ1v) is 4.91. The van der Waals surface area contributed by atoms with Crippen LogP contribution in [0.15, 0.2) is 30.5 Å². The highest BCUT2D eigenvalue weighted by molar-refractivity contribution is 6.30. The lowest BCUT2D eigenvalue weighted by atomic mass is 10.1. The first-order valence-electron chi connectivity index (χ1n) is 4.54. The molecule has 0 aliphatic heterocycles. The molecule has 0 amide bonds. The standard InChI is InChI=1S/C11H11ClNO/c1-2-8-3-4-11-9(5-8)6-10(12)7-13(11)14/h3-7,14H,2H2,1H3/q+1. The Morgan fingerprint density at radius 2 is 2.14 bits per heavy atom. The third-order valence-electron chi connectivity index (χ3n) is 2.29. The van der Waals surface area contributed by atoms with Crippen molar-refractivity contribution in [3.8, 4) is 0 Å². The Hall–Kier alpha value is -1.28. The molecule has 72 valence electrons. The molecule has 2 rings (SSSR count). The highest BCUT2D eigenvalue weighted by Crippen LogP contribution is 2.16. The van der Waals surface area contributed by atoms with E-state index in [0.717, 1.165) is 22.1 Å². The molecule has 1 heterocycles. The molecule has 0 saturated carbocycles. The summed E-state index contributed by atoms with van der Waals surface area (Å²) in [6.45, 7) is 2.10. The van der Waals surface area contributed by atoms with Gasteiger partial charge in [0.1, 0.15) is 5.02 Å². The minimum atomic E-state index is 0.535. The molecule has 1 aromatic heterocycles. The number of hydrogen-bond acceptors (Lipinski definition) is 1. The van der Waals surface area contributed by atoms with Crippen LogP contribution in [0.1, 0.15) is 12.5 Å². The lowest BCUT2D eigenvalue weighted by molar-refractivity contribution is -0.884. The van der Waals surface area contributed by atoms with E-state index in [4.69, 9.17) is 11.6 Å². The van der Waals surface area contributed by atoms with Crippen molar-refractivity contribution >= 4 is 22.5 Å². The zero-order valence-electron chi connectivity index (χ0n) is 7.87. The Morgan fingerprint density at radius 1 is 1.36 bits per heavy atom. The van der Waals surface area contributed by atoms with Gasteiger partial charge in [0.05, 0.1) is 5.39 Å². The Kier molecular flexibility index (Phi) is 2.30. The molecule has 0 radical (unpaired) electrons. The first kappa shape index (κ1) is 9.28. The van der Waals surface area contributed by atoms with E-state index in [0.29, 0.717) is 5.02 Å². The van der Waals surface area contributed by atoms with Crippen LogP contribution in [0.5, 0.6) is 0 Å². The van der Waals surface area contributed by atoms with E-state index in [1.165, 1.54) is 11.8 Å². The first-order chi connectivity index (χ1) is 6.70. The van der Waals surface area contributed by atoms with Gasteiger partial charge in [-0.1, -0.05) is 24.6 Å². The van der Waals surface area contributed by atoms with Gasteiger partial charge in [0.15, 0.2) is 0 Å². The van der Waals surface area contributed by atoms with Crippen LogP contribution in [-0.2, 0) is 6.42 Å². The van der Waals surface area contributed by atoms with Crippen molar-refractivity contribution in [3.05, 3.63) is 41.0 Å². The number of halogens is 1. The SMILES string of the molecule is CCc1ccc2c(cc(Cl)c[n+]2O)c1. The average molecular weight is 209 g/mol. The molecule has 0 bridgehead atoms. The van der Waals surface area contributed by atoms with Gasteiger partial charge in [-0.3, -0.25) is 5.21 Å². The van der Waals surface area contributed by atoms with Gasteiger partial charge in [-0.2, -0.15) is 0 Å². The molecule has 0 saturated heterocycles. The normalized spacial score (nSPS) is 10.7. The van der Waals surface area contributed by atoms with Crippen LogP contribution in [0.25, 0.3) is 10.9 Å². The summed E-state index contributed by atoms with van der Waals surface area (Å²) in [6.07, 6.45) is 2.46. The predicted molar refractivity (Wildman–Crippen MR) is 55.7 cm³/mol. The second-order valence-electron chi connectivity index (χ2n) is 3.25. The molecule has 3 heteroatoms. The molecule has 2 nitrogen and oxygen atoms in total. The topological polar surface area (TPSA) is 24.1 Å². The van der Waals surface area contributed by atoms with Crippen LogP contribution in [-0.4, -0.2) is 5.21 Å². The summed E-state index contributed by atoms with van der Waals surface area (Å²) in [5.74, 6) is 0. The molecular weight excluding hydrogens is 198 g/mol. The zero-order valence-corrected chi connectivity index (χ0v) is 8.62.